The van der Waals surface area contributed by atoms with Crippen LogP contribution >= 0.6 is 11.6 Å². The zero-order chi connectivity index (χ0) is 20.5. The highest BCUT2D eigenvalue weighted by Gasteiger charge is 2.35. The van der Waals surface area contributed by atoms with Crippen molar-refractivity contribution in [1.82, 2.24) is 10.1 Å². The minimum atomic E-state index is -0.447. The smallest absolute Gasteiger partial charge is 0.229 e. The molecule has 3 aromatic rings. The predicted octanol–water partition coefficient (Wildman–Crippen LogP) is 4.00. The van der Waals surface area contributed by atoms with Crippen LogP contribution in [0, 0.1) is 19.8 Å². The highest BCUT2D eigenvalue weighted by molar-refractivity contribution is 6.31. The van der Waals surface area contributed by atoms with Crippen molar-refractivity contribution in [2.24, 2.45) is 5.92 Å². The number of carbonyl (C=O) groups is 2. The summed E-state index contributed by atoms with van der Waals surface area (Å²) in [5.74, 6) is 0.181. The molecule has 0 unspecified atom stereocenters. The fourth-order valence-electron chi connectivity index (χ4n) is 3.34. The molecule has 0 spiro atoms. The summed E-state index contributed by atoms with van der Waals surface area (Å²) in [7, 11) is 0. The highest BCUT2D eigenvalue weighted by atomic mass is 35.5. The van der Waals surface area contributed by atoms with Gasteiger partial charge in [-0.2, -0.15) is 4.98 Å². The summed E-state index contributed by atoms with van der Waals surface area (Å²) < 4.78 is 5.02. The van der Waals surface area contributed by atoms with Crippen molar-refractivity contribution in [2.75, 3.05) is 16.8 Å². The zero-order valence-corrected chi connectivity index (χ0v) is 16.7. The molecule has 2 heterocycles. The van der Waals surface area contributed by atoms with Gasteiger partial charge in [-0.05, 0) is 36.8 Å². The van der Waals surface area contributed by atoms with E-state index < -0.39 is 5.92 Å². The average molecular weight is 411 g/mol. The molecule has 1 aliphatic rings. The highest BCUT2D eigenvalue weighted by Crippen LogP contribution is 2.30. The number of nitrogens with one attached hydrogen (secondary N) is 1. The molecule has 0 radical (unpaired) electrons. The molecule has 0 saturated carbocycles. The SMILES string of the molecule is Cc1nc(-c2cccc(N3C[C@@H](C(=O)Nc4cccc(Cl)c4C)CC3=O)c2)no1. The van der Waals surface area contributed by atoms with Gasteiger partial charge in [0.2, 0.25) is 23.5 Å². The number of amides is 2. The second-order valence-corrected chi connectivity index (χ2v) is 7.40. The number of aryl methyl sites for hydroxylation is 1. The standard InChI is InChI=1S/C21H19ClN4O3/c1-12-17(22)7-4-8-18(12)24-21(28)15-10-19(27)26(11-15)16-6-3-5-14(9-16)20-23-13(2)29-25-20/h3-9,15H,10-11H2,1-2H3,(H,24,28)/t15-/m0/s1. The largest absolute Gasteiger partial charge is 0.339 e. The molecule has 0 aliphatic carbocycles. The molecule has 1 saturated heterocycles. The van der Waals surface area contributed by atoms with Gasteiger partial charge in [0.15, 0.2) is 0 Å². The summed E-state index contributed by atoms with van der Waals surface area (Å²) in [4.78, 5) is 31.1. The van der Waals surface area contributed by atoms with Gasteiger partial charge >= 0.3 is 0 Å². The Morgan fingerprint density at radius 2 is 2.03 bits per heavy atom. The molecular formula is C21H19ClN4O3. The molecule has 1 atom stereocenters. The quantitative estimate of drug-likeness (QED) is 0.702. The number of nitrogens with zero attached hydrogens (tertiary/aromatic N) is 3. The van der Waals surface area contributed by atoms with Gasteiger partial charge in [0.1, 0.15) is 0 Å². The van der Waals surface area contributed by atoms with Crippen LogP contribution in [0.5, 0.6) is 0 Å². The lowest BCUT2D eigenvalue weighted by molar-refractivity contribution is -0.122. The van der Waals surface area contributed by atoms with Gasteiger partial charge in [-0.25, -0.2) is 0 Å². The van der Waals surface area contributed by atoms with E-state index >= 15 is 0 Å². The first kappa shape index (κ1) is 19.1. The van der Waals surface area contributed by atoms with Crippen LogP contribution in [0.4, 0.5) is 11.4 Å². The van der Waals surface area contributed by atoms with Gasteiger partial charge in [-0.3, -0.25) is 9.59 Å². The molecule has 2 amide bonds. The number of hydrogen-bond acceptors (Lipinski definition) is 5. The van der Waals surface area contributed by atoms with Gasteiger partial charge in [0, 0.05) is 41.9 Å². The lowest BCUT2D eigenvalue weighted by atomic mass is 10.1. The second-order valence-electron chi connectivity index (χ2n) is 6.99. The second kappa shape index (κ2) is 7.67. The lowest BCUT2D eigenvalue weighted by Gasteiger charge is -2.17. The van der Waals surface area contributed by atoms with E-state index in [1.165, 1.54) is 0 Å². The van der Waals surface area contributed by atoms with Crippen molar-refractivity contribution in [2.45, 2.75) is 20.3 Å². The Labute approximate surface area is 172 Å². The maximum atomic E-state index is 12.7. The van der Waals surface area contributed by atoms with Crippen LogP contribution < -0.4 is 10.2 Å². The number of carbonyl (C=O) groups excluding carboxylic acids is 2. The van der Waals surface area contributed by atoms with E-state index in [0.717, 1.165) is 11.1 Å². The topological polar surface area (TPSA) is 88.3 Å². The summed E-state index contributed by atoms with van der Waals surface area (Å²) in [5, 5.41) is 7.39. The van der Waals surface area contributed by atoms with Crippen LogP contribution in [0.3, 0.4) is 0 Å². The molecular weight excluding hydrogens is 392 g/mol. The summed E-state index contributed by atoms with van der Waals surface area (Å²) >= 11 is 6.12. The lowest BCUT2D eigenvalue weighted by Crippen LogP contribution is -2.28. The Bertz CT molecular complexity index is 1100. The van der Waals surface area contributed by atoms with Crippen molar-refractivity contribution in [3.8, 4) is 11.4 Å². The fourth-order valence-corrected chi connectivity index (χ4v) is 3.51. The first-order valence-corrected chi connectivity index (χ1v) is 9.57. The third-order valence-electron chi connectivity index (χ3n) is 4.96. The van der Waals surface area contributed by atoms with E-state index in [2.05, 4.69) is 15.5 Å². The Morgan fingerprint density at radius 3 is 2.79 bits per heavy atom. The Kier molecular flexibility index (Phi) is 5.07. The van der Waals surface area contributed by atoms with Crippen LogP contribution in [0.1, 0.15) is 17.9 Å². The summed E-state index contributed by atoms with van der Waals surface area (Å²) in [6.07, 6.45) is 0.150. The Morgan fingerprint density at radius 1 is 1.24 bits per heavy atom. The molecule has 4 rings (SSSR count). The van der Waals surface area contributed by atoms with Crippen molar-refractivity contribution in [1.29, 1.82) is 0 Å². The van der Waals surface area contributed by atoms with Crippen LogP contribution in [0.25, 0.3) is 11.4 Å². The van der Waals surface area contributed by atoms with Crippen molar-refractivity contribution < 1.29 is 14.1 Å². The Hall–Kier alpha value is -3.19. The van der Waals surface area contributed by atoms with E-state index in [1.807, 2.05) is 31.2 Å². The molecule has 148 valence electrons. The summed E-state index contributed by atoms with van der Waals surface area (Å²) in [5.41, 5.74) is 2.90. The molecule has 1 aliphatic heterocycles. The number of hydrogen-bond donors (Lipinski definition) is 1. The van der Waals surface area contributed by atoms with Gasteiger partial charge in [0.05, 0.1) is 5.92 Å². The average Bonchev–Trinajstić information content (AvgIpc) is 3.31. The summed E-state index contributed by atoms with van der Waals surface area (Å²) in [6.45, 7) is 3.86. The minimum Gasteiger partial charge on any atom is -0.339 e. The summed E-state index contributed by atoms with van der Waals surface area (Å²) in [6, 6.07) is 12.7. The number of anilines is 2. The molecule has 0 bridgehead atoms. The zero-order valence-electron chi connectivity index (χ0n) is 16.0. The Balaban J connectivity index is 1.51. The van der Waals surface area contributed by atoms with Gasteiger partial charge in [-0.15, -0.1) is 0 Å². The molecule has 1 aromatic heterocycles. The maximum Gasteiger partial charge on any atom is 0.229 e. The van der Waals surface area contributed by atoms with E-state index in [4.69, 9.17) is 16.1 Å². The van der Waals surface area contributed by atoms with Gasteiger partial charge < -0.3 is 14.7 Å². The normalized spacial score (nSPS) is 16.3. The molecule has 2 aromatic carbocycles. The number of halogens is 1. The number of rotatable bonds is 4. The van der Waals surface area contributed by atoms with E-state index in [-0.39, 0.29) is 18.2 Å². The van der Waals surface area contributed by atoms with E-state index in [1.54, 1.807) is 30.0 Å². The van der Waals surface area contributed by atoms with Crippen LogP contribution in [0.15, 0.2) is 47.0 Å². The van der Waals surface area contributed by atoms with Gasteiger partial charge in [-0.1, -0.05) is 35.0 Å². The minimum absolute atomic E-state index is 0.102. The van der Waals surface area contributed by atoms with Crippen LogP contribution in [0.2, 0.25) is 5.02 Å². The van der Waals surface area contributed by atoms with Crippen LogP contribution in [-0.4, -0.2) is 28.5 Å². The monoisotopic (exact) mass is 410 g/mol. The number of aromatic nitrogens is 2. The molecule has 1 N–H and O–H groups in total. The molecule has 29 heavy (non-hydrogen) atoms. The fraction of sp³-hybridized carbons (Fsp3) is 0.238. The maximum absolute atomic E-state index is 12.7. The molecule has 1 fully saturated rings. The third kappa shape index (κ3) is 3.86. The van der Waals surface area contributed by atoms with Gasteiger partial charge in [0.25, 0.3) is 0 Å². The van der Waals surface area contributed by atoms with Crippen molar-refractivity contribution in [3.63, 3.8) is 0 Å². The predicted molar refractivity (Wildman–Crippen MR) is 110 cm³/mol. The molecule has 8 heteroatoms. The molecule has 7 nitrogen and oxygen atoms in total. The first-order chi connectivity index (χ1) is 13.9. The first-order valence-electron chi connectivity index (χ1n) is 9.19. The van der Waals surface area contributed by atoms with Crippen molar-refractivity contribution in [3.05, 3.63) is 58.9 Å². The van der Waals surface area contributed by atoms with Crippen molar-refractivity contribution >= 4 is 34.8 Å². The van der Waals surface area contributed by atoms with E-state index in [0.29, 0.717) is 34.7 Å². The van der Waals surface area contributed by atoms with Crippen LogP contribution in [-0.2, 0) is 9.59 Å². The third-order valence-corrected chi connectivity index (χ3v) is 5.37. The number of benzene rings is 2. The van der Waals surface area contributed by atoms with E-state index in [9.17, 15) is 9.59 Å².